The maximum Gasteiger partial charge on any atom is 0.229 e. The smallest absolute Gasteiger partial charge is 0.229 e. The molecule has 9 heteroatoms. The van der Waals surface area contributed by atoms with Crippen molar-refractivity contribution >= 4 is 68.1 Å². The van der Waals surface area contributed by atoms with Crippen LogP contribution in [0.5, 0.6) is 11.5 Å². The van der Waals surface area contributed by atoms with Crippen LogP contribution < -0.4 is 30.7 Å². The summed E-state index contributed by atoms with van der Waals surface area (Å²) in [5, 5.41) is 4.38. The molecule has 0 radical (unpaired) electrons. The van der Waals surface area contributed by atoms with E-state index >= 15 is 0 Å². The Kier molecular flexibility index (Phi) is 7.14. The van der Waals surface area contributed by atoms with Crippen molar-refractivity contribution in [3.63, 3.8) is 0 Å². The Morgan fingerprint density at radius 1 is 0.564 bits per heavy atom. The molecule has 2 atom stereocenters. The second kappa shape index (κ2) is 11.7. The zero-order valence-electron chi connectivity index (χ0n) is 31.5. The summed E-state index contributed by atoms with van der Waals surface area (Å²) in [4.78, 5) is 14.8. The van der Waals surface area contributed by atoms with Gasteiger partial charge in [0, 0.05) is 46.6 Å². The molecule has 9 nitrogen and oxygen atoms in total. The van der Waals surface area contributed by atoms with Crippen LogP contribution in [-0.4, -0.2) is 50.2 Å². The molecule has 2 spiro atoms. The standard InChI is InChI=1S/C46H44N6O3/c1-43(2)35-25-31(47)15-17-37(35)51(45(43)27-49-41-33-11-7-5-9-29(33)13-19-39(41)54-45)21-23-53-24-22-52-38-18-16-32(48)26-36(38)44(3,4)46(52)28-50-42-34-12-8-6-10-30(34)14-20-40(42)55-46/h5-20,25-28H,21-24,47-48H2,1-4H3. The van der Waals surface area contributed by atoms with Crippen LogP contribution in [0.1, 0.15) is 38.8 Å². The summed E-state index contributed by atoms with van der Waals surface area (Å²) in [7, 11) is 0. The highest BCUT2D eigenvalue weighted by molar-refractivity contribution is 6.01. The number of nitrogen functional groups attached to an aromatic ring is 2. The van der Waals surface area contributed by atoms with Gasteiger partial charge in [-0.3, -0.25) is 9.98 Å². The molecule has 6 aromatic carbocycles. The summed E-state index contributed by atoms with van der Waals surface area (Å²) in [6, 6.07) is 37.1. The molecule has 0 fully saturated rings. The number of benzene rings is 6. The predicted molar refractivity (Wildman–Crippen MR) is 224 cm³/mol. The van der Waals surface area contributed by atoms with Gasteiger partial charge in [-0.05, 0) is 98.1 Å². The lowest BCUT2D eigenvalue weighted by molar-refractivity contribution is 0.0586. The molecule has 4 N–H and O–H groups in total. The molecule has 55 heavy (non-hydrogen) atoms. The van der Waals surface area contributed by atoms with Crippen LogP contribution in [0.2, 0.25) is 0 Å². The van der Waals surface area contributed by atoms with E-state index in [0.717, 1.165) is 66.9 Å². The highest BCUT2D eigenvalue weighted by Crippen LogP contribution is 2.57. The van der Waals surface area contributed by atoms with Gasteiger partial charge in [0.25, 0.3) is 0 Å². The molecule has 276 valence electrons. The Labute approximate surface area is 320 Å². The number of aliphatic imine (C=N–C) groups is 2. The second-order valence-electron chi connectivity index (χ2n) is 16.1. The first-order chi connectivity index (χ1) is 26.5. The third-order valence-corrected chi connectivity index (χ3v) is 12.5. The van der Waals surface area contributed by atoms with E-state index in [1.807, 2.05) is 61.0 Å². The number of fused-ring (bicyclic) bond motifs is 8. The van der Waals surface area contributed by atoms with E-state index in [-0.39, 0.29) is 0 Å². The number of rotatable bonds is 6. The minimum atomic E-state index is -0.895. The van der Waals surface area contributed by atoms with Crippen LogP contribution in [0.15, 0.2) is 119 Å². The summed E-state index contributed by atoms with van der Waals surface area (Å²) in [5.74, 6) is 1.51. The first kappa shape index (κ1) is 33.5. The van der Waals surface area contributed by atoms with E-state index in [1.165, 1.54) is 0 Å². The van der Waals surface area contributed by atoms with Crippen LogP contribution in [0.4, 0.5) is 34.1 Å². The topological polar surface area (TPSA) is 111 Å². The van der Waals surface area contributed by atoms with Gasteiger partial charge in [-0.2, -0.15) is 0 Å². The van der Waals surface area contributed by atoms with Crippen molar-refractivity contribution in [3.8, 4) is 11.5 Å². The molecular weight excluding hydrogens is 685 g/mol. The average molecular weight is 729 g/mol. The molecule has 0 bridgehead atoms. The van der Waals surface area contributed by atoms with Crippen LogP contribution in [-0.2, 0) is 15.6 Å². The number of ether oxygens (including phenoxy) is 3. The van der Waals surface area contributed by atoms with Crippen LogP contribution in [0.3, 0.4) is 0 Å². The molecular formula is C46H44N6O3. The summed E-state index contributed by atoms with van der Waals surface area (Å²) >= 11 is 0. The quantitative estimate of drug-likeness (QED) is 0.130. The summed E-state index contributed by atoms with van der Waals surface area (Å²) in [5.41, 5.74) is 17.5. The third-order valence-electron chi connectivity index (χ3n) is 12.5. The van der Waals surface area contributed by atoms with Gasteiger partial charge in [-0.15, -0.1) is 0 Å². The largest absolute Gasteiger partial charge is 0.459 e. The van der Waals surface area contributed by atoms with Gasteiger partial charge in [0.2, 0.25) is 11.4 Å². The molecule has 2 unspecified atom stereocenters. The number of hydrogen-bond acceptors (Lipinski definition) is 9. The van der Waals surface area contributed by atoms with Crippen molar-refractivity contribution in [2.24, 2.45) is 9.98 Å². The Morgan fingerprint density at radius 3 is 1.45 bits per heavy atom. The molecule has 4 aliphatic rings. The third kappa shape index (κ3) is 4.62. The van der Waals surface area contributed by atoms with Gasteiger partial charge < -0.3 is 35.5 Å². The van der Waals surface area contributed by atoms with Gasteiger partial charge in [-0.1, -0.05) is 60.7 Å². The van der Waals surface area contributed by atoms with Crippen LogP contribution in [0, 0.1) is 0 Å². The fourth-order valence-electron chi connectivity index (χ4n) is 9.41. The van der Waals surface area contributed by atoms with Crippen LogP contribution in [0.25, 0.3) is 21.5 Å². The first-order valence-corrected chi connectivity index (χ1v) is 19.0. The van der Waals surface area contributed by atoms with E-state index in [0.29, 0.717) is 37.7 Å². The van der Waals surface area contributed by atoms with Gasteiger partial charge in [0.1, 0.15) is 22.9 Å². The van der Waals surface area contributed by atoms with Gasteiger partial charge in [-0.25, -0.2) is 0 Å². The lowest BCUT2D eigenvalue weighted by Crippen LogP contribution is -2.63. The zero-order valence-corrected chi connectivity index (χ0v) is 31.5. The molecule has 0 saturated heterocycles. The Hall–Kier alpha value is -6.06. The summed E-state index contributed by atoms with van der Waals surface area (Å²) in [6.45, 7) is 10.9. The maximum atomic E-state index is 7.11. The van der Waals surface area contributed by atoms with Gasteiger partial charge in [0.15, 0.2) is 0 Å². The first-order valence-electron chi connectivity index (χ1n) is 19.0. The maximum absolute atomic E-state index is 7.11. The fourth-order valence-corrected chi connectivity index (χ4v) is 9.41. The number of hydrogen-bond donors (Lipinski definition) is 2. The molecule has 4 heterocycles. The lowest BCUT2D eigenvalue weighted by atomic mass is 9.77. The highest BCUT2D eigenvalue weighted by atomic mass is 16.5. The van der Waals surface area contributed by atoms with E-state index in [1.54, 1.807) is 0 Å². The fraction of sp³-hybridized carbons (Fsp3) is 0.261. The second-order valence-corrected chi connectivity index (χ2v) is 16.1. The van der Waals surface area contributed by atoms with Crippen molar-refractivity contribution in [1.29, 1.82) is 0 Å². The summed E-state index contributed by atoms with van der Waals surface area (Å²) in [6.07, 6.45) is 3.97. The average Bonchev–Trinajstić information content (AvgIpc) is 3.47. The molecule has 4 aliphatic heterocycles. The van der Waals surface area contributed by atoms with E-state index in [4.69, 9.17) is 35.7 Å². The van der Waals surface area contributed by atoms with Crippen molar-refractivity contribution in [2.45, 2.75) is 50.0 Å². The Bertz CT molecular complexity index is 2440. The molecule has 0 aliphatic carbocycles. The Morgan fingerprint density at radius 2 is 1.00 bits per heavy atom. The number of nitrogens with zero attached hydrogens (tertiary/aromatic N) is 4. The highest BCUT2D eigenvalue weighted by Gasteiger charge is 2.61. The molecule has 0 saturated carbocycles. The van der Waals surface area contributed by atoms with Crippen molar-refractivity contribution in [2.75, 3.05) is 47.6 Å². The number of nitrogens with two attached hydrogens (primary N) is 2. The SMILES string of the molecule is CC1(C)c2cc(N)ccc2N(CCOCCN2c3ccc(N)cc3C(C)(C)C23C=Nc2c(ccc4ccccc24)O3)C12C=Nc1c(ccc3ccccc13)O2. The summed E-state index contributed by atoms with van der Waals surface area (Å²) < 4.78 is 20.8. The van der Waals surface area contributed by atoms with Crippen LogP contribution >= 0.6 is 0 Å². The lowest BCUT2D eigenvalue weighted by Gasteiger charge is -2.46. The van der Waals surface area contributed by atoms with Gasteiger partial charge >= 0.3 is 0 Å². The van der Waals surface area contributed by atoms with Crippen molar-refractivity contribution < 1.29 is 14.2 Å². The van der Waals surface area contributed by atoms with E-state index in [2.05, 4.69) is 98.2 Å². The van der Waals surface area contributed by atoms with E-state index in [9.17, 15) is 0 Å². The van der Waals surface area contributed by atoms with Crippen molar-refractivity contribution in [1.82, 2.24) is 0 Å². The molecule has 10 rings (SSSR count). The minimum absolute atomic E-state index is 0.450. The normalized spacial score (nSPS) is 22.1. The molecule has 6 aromatic rings. The zero-order chi connectivity index (χ0) is 37.7. The Balaban J connectivity index is 0.935. The van der Waals surface area contributed by atoms with E-state index < -0.39 is 22.3 Å². The van der Waals surface area contributed by atoms with Gasteiger partial charge in [0.05, 0.1) is 36.5 Å². The monoisotopic (exact) mass is 728 g/mol. The van der Waals surface area contributed by atoms with Crippen molar-refractivity contribution in [3.05, 3.63) is 120 Å². The predicted octanol–water partition coefficient (Wildman–Crippen LogP) is 9.05. The molecule has 0 amide bonds. The molecule has 0 aromatic heterocycles. The minimum Gasteiger partial charge on any atom is -0.459 e. The number of anilines is 4.